The largest absolute Gasteiger partial charge is 0.485 e. The van der Waals surface area contributed by atoms with Crippen molar-refractivity contribution in [3.05, 3.63) is 64.6 Å². The third kappa shape index (κ3) is 3.58. The Labute approximate surface area is 169 Å². The van der Waals surface area contributed by atoms with Crippen LogP contribution < -0.4 is 10.1 Å². The SMILES string of the molecule is Cc1cc(Cl)nc2cc3c(cc12)OC(C)(C)C(O)C3NCCc1ccncc1. The molecule has 2 atom stereocenters. The third-order valence-corrected chi connectivity index (χ3v) is 5.57. The van der Waals surface area contributed by atoms with Crippen molar-refractivity contribution in [3.8, 4) is 5.75 Å². The first kappa shape index (κ1) is 19.1. The zero-order chi connectivity index (χ0) is 19.9. The van der Waals surface area contributed by atoms with Crippen LogP contribution in [0.3, 0.4) is 0 Å². The number of nitrogens with zero attached hydrogens (tertiary/aromatic N) is 2. The van der Waals surface area contributed by atoms with E-state index in [1.807, 2.05) is 51.1 Å². The summed E-state index contributed by atoms with van der Waals surface area (Å²) in [6.45, 7) is 6.56. The predicted molar refractivity (Wildman–Crippen MR) is 111 cm³/mol. The molecule has 3 heterocycles. The first-order valence-electron chi connectivity index (χ1n) is 9.45. The highest BCUT2D eigenvalue weighted by Gasteiger charge is 2.42. The molecular formula is C22H24ClN3O2. The second kappa shape index (κ2) is 7.32. The van der Waals surface area contributed by atoms with Crippen molar-refractivity contribution in [2.45, 2.75) is 44.9 Å². The third-order valence-electron chi connectivity index (χ3n) is 5.38. The highest BCUT2D eigenvalue weighted by atomic mass is 35.5. The Balaban J connectivity index is 1.68. The molecule has 0 bridgehead atoms. The maximum atomic E-state index is 11.0. The minimum atomic E-state index is -0.706. The number of aromatic nitrogens is 2. The number of aliphatic hydroxyl groups is 1. The lowest BCUT2D eigenvalue weighted by atomic mass is 9.85. The van der Waals surface area contributed by atoms with Gasteiger partial charge in [-0.2, -0.15) is 0 Å². The van der Waals surface area contributed by atoms with Gasteiger partial charge < -0.3 is 15.2 Å². The lowest BCUT2D eigenvalue weighted by Gasteiger charge is -2.42. The quantitative estimate of drug-likeness (QED) is 0.651. The maximum Gasteiger partial charge on any atom is 0.131 e. The van der Waals surface area contributed by atoms with Crippen LogP contribution in [0, 0.1) is 6.92 Å². The van der Waals surface area contributed by atoms with Crippen LogP contribution >= 0.6 is 11.6 Å². The van der Waals surface area contributed by atoms with E-state index in [1.165, 1.54) is 5.56 Å². The number of aryl methyl sites for hydroxylation is 1. The number of halogens is 1. The van der Waals surface area contributed by atoms with Gasteiger partial charge in [0.2, 0.25) is 0 Å². The van der Waals surface area contributed by atoms with Crippen molar-refractivity contribution in [3.63, 3.8) is 0 Å². The van der Waals surface area contributed by atoms with Crippen LogP contribution in [0.4, 0.5) is 0 Å². The molecule has 6 heteroatoms. The maximum absolute atomic E-state index is 11.0. The van der Waals surface area contributed by atoms with Crippen LogP contribution in [0.5, 0.6) is 5.75 Å². The Bertz CT molecular complexity index is 1010. The Morgan fingerprint density at radius 3 is 2.71 bits per heavy atom. The van der Waals surface area contributed by atoms with Gasteiger partial charge in [-0.15, -0.1) is 0 Å². The first-order chi connectivity index (χ1) is 13.3. The summed E-state index contributed by atoms with van der Waals surface area (Å²) >= 11 is 6.16. The van der Waals surface area contributed by atoms with E-state index in [-0.39, 0.29) is 6.04 Å². The summed E-state index contributed by atoms with van der Waals surface area (Å²) in [5, 5.41) is 16.0. The molecule has 0 radical (unpaired) electrons. The van der Waals surface area contributed by atoms with Crippen LogP contribution in [0.25, 0.3) is 10.9 Å². The van der Waals surface area contributed by atoms with Gasteiger partial charge >= 0.3 is 0 Å². The van der Waals surface area contributed by atoms with Crippen molar-refractivity contribution < 1.29 is 9.84 Å². The van der Waals surface area contributed by atoms with E-state index in [9.17, 15) is 5.11 Å². The molecule has 0 aliphatic carbocycles. The summed E-state index contributed by atoms with van der Waals surface area (Å²) in [4.78, 5) is 8.51. The van der Waals surface area contributed by atoms with E-state index < -0.39 is 11.7 Å². The lowest BCUT2D eigenvalue weighted by molar-refractivity contribution is -0.0642. The fourth-order valence-corrected chi connectivity index (χ4v) is 4.04. The minimum Gasteiger partial charge on any atom is -0.485 e. The average Bonchev–Trinajstić information content (AvgIpc) is 2.65. The van der Waals surface area contributed by atoms with E-state index in [2.05, 4.69) is 15.3 Å². The molecule has 0 fully saturated rings. The molecule has 0 saturated heterocycles. The number of ether oxygens (including phenoxy) is 1. The Morgan fingerprint density at radius 1 is 1.21 bits per heavy atom. The predicted octanol–water partition coefficient (Wildman–Crippen LogP) is 4.00. The van der Waals surface area contributed by atoms with Crippen molar-refractivity contribution in [1.82, 2.24) is 15.3 Å². The standard InChI is InChI=1S/C22H24ClN3O2/c1-13-10-19(23)26-17-11-16-18(12-15(13)17)28-22(2,3)21(27)20(16)25-9-6-14-4-7-24-8-5-14/h4-5,7-8,10-12,20-21,25,27H,6,9H2,1-3H3. The molecule has 1 aliphatic rings. The zero-order valence-corrected chi connectivity index (χ0v) is 17.0. The van der Waals surface area contributed by atoms with Crippen LogP contribution in [0.15, 0.2) is 42.7 Å². The average molecular weight is 398 g/mol. The van der Waals surface area contributed by atoms with Gasteiger partial charge in [0, 0.05) is 23.3 Å². The van der Waals surface area contributed by atoms with Gasteiger partial charge in [0.1, 0.15) is 22.6 Å². The smallest absolute Gasteiger partial charge is 0.131 e. The van der Waals surface area contributed by atoms with Gasteiger partial charge in [0.05, 0.1) is 11.6 Å². The molecule has 146 valence electrons. The number of aliphatic hydroxyl groups excluding tert-OH is 1. The van der Waals surface area contributed by atoms with Crippen LogP contribution in [-0.2, 0) is 6.42 Å². The summed E-state index contributed by atoms with van der Waals surface area (Å²) in [7, 11) is 0. The van der Waals surface area contributed by atoms with E-state index in [4.69, 9.17) is 16.3 Å². The summed E-state index contributed by atoms with van der Waals surface area (Å²) in [5.41, 5.74) is 3.25. The monoisotopic (exact) mass is 397 g/mol. The number of pyridine rings is 2. The summed E-state index contributed by atoms with van der Waals surface area (Å²) in [5.74, 6) is 0.774. The van der Waals surface area contributed by atoms with Gasteiger partial charge in [-0.3, -0.25) is 4.98 Å². The number of fused-ring (bicyclic) bond motifs is 2. The molecule has 3 aromatic rings. The van der Waals surface area contributed by atoms with E-state index >= 15 is 0 Å². The Kier molecular flexibility index (Phi) is 5.00. The van der Waals surface area contributed by atoms with E-state index in [0.29, 0.717) is 5.15 Å². The van der Waals surface area contributed by atoms with E-state index in [1.54, 1.807) is 12.4 Å². The second-order valence-electron chi connectivity index (χ2n) is 7.86. The topological polar surface area (TPSA) is 67.3 Å². The minimum absolute atomic E-state index is 0.258. The number of hydrogen-bond acceptors (Lipinski definition) is 5. The van der Waals surface area contributed by atoms with Crippen LogP contribution in [0.1, 0.15) is 36.6 Å². The fraction of sp³-hybridized carbons (Fsp3) is 0.364. The molecule has 0 amide bonds. The molecule has 1 aromatic carbocycles. The highest BCUT2D eigenvalue weighted by Crippen LogP contribution is 2.42. The van der Waals surface area contributed by atoms with Crippen LogP contribution in [-0.4, -0.2) is 33.3 Å². The molecule has 2 aromatic heterocycles. The highest BCUT2D eigenvalue weighted by molar-refractivity contribution is 6.29. The molecule has 5 nitrogen and oxygen atoms in total. The molecule has 1 aliphatic heterocycles. The summed E-state index contributed by atoms with van der Waals surface area (Å²) < 4.78 is 6.16. The summed E-state index contributed by atoms with van der Waals surface area (Å²) in [6.07, 6.45) is 3.73. The number of rotatable bonds is 4. The van der Waals surface area contributed by atoms with Crippen LogP contribution in [0.2, 0.25) is 5.15 Å². The second-order valence-corrected chi connectivity index (χ2v) is 8.24. The first-order valence-corrected chi connectivity index (χ1v) is 9.83. The number of hydrogen-bond donors (Lipinski definition) is 2. The molecule has 2 N–H and O–H groups in total. The Hall–Kier alpha value is -2.21. The normalized spacial score (nSPS) is 20.6. The Morgan fingerprint density at radius 2 is 1.96 bits per heavy atom. The summed E-state index contributed by atoms with van der Waals surface area (Å²) in [6, 6.07) is 9.58. The van der Waals surface area contributed by atoms with Gasteiger partial charge in [-0.1, -0.05) is 11.6 Å². The van der Waals surface area contributed by atoms with Crippen molar-refractivity contribution in [2.75, 3.05) is 6.54 Å². The van der Waals surface area contributed by atoms with Gasteiger partial charge in [-0.25, -0.2) is 4.98 Å². The van der Waals surface area contributed by atoms with Crippen molar-refractivity contribution in [1.29, 1.82) is 0 Å². The molecule has 28 heavy (non-hydrogen) atoms. The van der Waals surface area contributed by atoms with Gasteiger partial charge in [0.15, 0.2) is 0 Å². The molecule has 2 unspecified atom stereocenters. The zero-order valence-electron chi connectivity index (χ0n) is 16.2. The van der Waals surface area contributed by atoms with Crippen molar-refractivity contribution in [2.24, 2.45) is 0 Å². The van der Waals surface area contributed by atoms with Gasteiger partial charge in [-0.05, 0) is 75.2 Å². The fourth-order valence-electron chi connectivity index (χ4n) is 3.79. The molecular weight excluding hydrogens is 374 g/mol. The van der Waals surface area contributed by atoms with Crippen molar-refractivity contribution >= 4 is 22.5 Å². The van der Waals surface area contributed by atoms with Gasteiger partial charge in [0.25, 0.3) is 0 Å². The molecule has 0 spiro atoms. The molecule has 0 saturated carbocycles. The number of benzene rings is 1. The van der Waals surface area contributed by atoms with E-state index in [0.717, 1.165) is 40.7 Å². The molecule has 4 rings (SSSR count). The lowest BCUT2D eigenvalue weighted by Crippen LogP contribution is -2.52. The number of nitrogens with one attached hydrogen (secondary N) is 1.